The smallest absolute Gasteiger partial charge is 0.237 e. The number of methoxy groups -OCH3 is 2. The molecule has 1 aliphatic heterocycles. The molecule has 5 nitrogen and oxygen atoms in total. The van der Waals surface area contributed by atoms with Gasteiger partial charge in [-0.05, 0) is 55.4 Å². The van der Waals surface area contributed by atoms with Crippen LogP contribution in [0, 0.1) is 5.92 Å². The third kappa shape index (κ3) is 4.32. The molecule has 26 heavy (non-hydrogen) atoms. The fourth-order valence-corrected chi connectivity index (χ4v) is 4.19. The Hall–Kier alpha value is -1.75. The largest absolute Gasteiger partial charge is 0.493 e. The minimum Gasteiger partial charge on any atom is -0.493 e. The minimum atomic E-state index is -0.111. The van der Waals surface area contributed by atoms with Crippen molar-refractivity contribution in [3.05, 3.63) is 23.3 Å². The summed E-state index contributed by atoms with van der Waals surface area (Å²) in [6.45, 7) is 4.51. The third-order valence-corrected chi connectivity index (χ3v) is 5.96. The number of amides is 1. The first-order valence-corrected chi connectivity index (χ1v) is 9.88. The normalized spacial score (nSPS) is 19.5. The molecule has 1 fully saturated rings. The lowest BCUT2D eigenvalue weighted by Crippen LogP contribution is -2.48. The highest BCUT2D eigenvalue weighted by atomic mass is 16.5. The van der Waals surface area contributed by atoms with E-state index in [2.05, 4.69) is 16.3 Å². The van der Waals surface area contributed by atoms with Crippen LogP contribution in [0.25, 0.3) is 0 Å². The molecule has 2 aliphatic rings. The maximum absolute atomic E-state index is 12.6. The van der Waals surface area contributed by atoms with Crippen LogP contribution in [-0.2, 0) is 17.8 Å². The van der Waals surface area contributed by atoms with E-state index in [0.717, 1.165) is 37.6 Å². The number of ether oxygens (including phenoxy) is 2. The molecule has 1 heterocycles. The molecule has 144 valence electrons. The fraction of sp³-hybridized carbons (Fsp3) is 0.667. The van der Waals surface area contributed by atoms with Gasteiger partial charge < -0.3 is 14.8 Å². The topological polar surface area (TPSA) is 50.8 Å². The van der Waals surface area contributed by atoms with Crippen molar-refractivity contribution in [2.24, 2.45) is 5.92 Å². The maximum Gasteiger partial charge on any atom is 0.237 e. The van der Waals surface area contributed by atoms with Gasteiger partial charge in [0.2, 0.25) is 5.91 Å². The van der Waals surface area contributed by atoms with Crippen LogP contribution in [0.4, 0.5) is 0 Å². The number of fused-ring (bicyclic) bond motifs is 1. The van der Waals surface area contributed by atoms with Gasteiger partial charge >= 0.3 is 0 Å². The van der Waals surface area contributed by atoms with Gasteiger partial charge in [0.15, 0.2) is 11.5 Å². The Morgan fingerprint density at radius 2 is 1.81 bits per heavy atom. The highest BCUT2D eigenvalue weighted by Crippen LogP contribution is 2.33. The molecule has 0 spiro atoms. The van der Waals surface area contributed by atoms with E-state index in [1.807, 2.05) is 13.0 Å². The Balaban J connectivity index is 1.59. The van der Waals surface area contributed by atoms with Gasteiger partial charge in [-0.25, -0.2) is 0 Å². The summed E-state index contributed by atoms with van der Waals surface area (Å²) < 4.78 is 10.8. The number of hydrogen-bond acceptors (Lipinski definition) is 4. The second-order valence-electron chi connectivity index (χ2n) is 7.62. The second kappa shape index (κ2) is 8.76. The van der Waals surface area contributed by atoms with E-state index in [0.29, 0.717) is 5.92 Å². The lowest BCUT2D eigenvalue weighted by molar-refractivity contribution is -0.126. The van der Waals surface area contributed by atoms with E-state index in [1.165, 1.54) is 43.2 Å². The summed E-state index contributed by atoms with van der Waals surface area (Å²) in [6.07, 6.45) is 7.41. The molecule has 3 rings (SSSR count). The van der Waals surface area contributed by atoms with Crippen molar-refractivity contribution >= 4 is 5.91 Å². The van der Waals surface area contributed by atoms with Gasteiger partial charge in [0.1, 0.15) is 0 Å². The average Bonchev–Trinajstić information content (AvgIpc) is 2.70. The van der Waals surface area contributed by atoms with Gasteiger partial charge in [-0.3, -0.25) is 9.69 Å². The summed E-state index contributed by atoms with van der Waals surface area (Å²) in [5.41, 5.74) is 2.51. The van der Waals surface area contributed by atoms with Crippen molar-refractivity contribution in [3.8, 4) is 11.5 Å². The summed E-state index contributed by atoms with van der Waals surface area (Å²) in [4.78, 5) is 14.9. The number of rotatable bonds is 6. The van der Waals surface area contributed by atoms with E-state index in [4.69, 9.17) is 9.47 Å². The van der Waals surface area contributed by atoms with Crippen LogP contribution in [0.5, 0.6) is 11.5 Å². The predicted molar refractivity (Wildman–Crippen MR) is 103 cm³/mol. The highest BCUT2D eigenvalue weighted by molar-refractivity contribution is 5.81. The molecule has 0 bridgehead atoms. The molecule has 5 heteroatoms. The van der Waals surface area contributed by atoms with Gasteiger partial charge in [0.25, 0.3) is 0 Å². The Labute approximate surface area is 157 Å². The molecule has 0 radical (unpaired) electrons. The number of carbonyl (C=O) groups excluding carboxylic acids is 1. The quantitative estimate of drug-likeness (QED) is 0.847. The minimum absolute atomic E-state index is 0.111. The zero-order valence-corrected chi connectivity index (χ0v) is 16.3. The first kappa shape index (κ1) is 19.0. The van der Waals surface area contributed by atoms with Crippen molar-refractivity contribution in [2.45, 2.75) is 58.0 Å². The van der Waals surface area contributed by atoms with Gasteiger partial charge in [0.05, 0.1) is 20.3 Å². The molecular formula is C21H32N2O3. The lowest BCUT2D eigenvalue weighted by atomic mass is 9.89. The summed E-state index contributed by atoms with van der Waals surface area (Å²) in [5, 5.41) is 3.19. The van der Waals surface area contributed by atoms with Crippen LogP contribution >= 0.6 is 0 Å². The standard InChI is InChI=1S/C21H32N2O3/c1-15(21(24)22-13-16-7-5-4-6-8-16)23-10-9-17-11-19(25-2)20(26-3)12-18(17)14-23/h11-12,15-16H,4-10,13-14H2,1-3H3,(H,22,24)/t15-/m1/s1. The van der Waals surface area contributed by atoms with Crippen molar-refractivity contribution < 1.29 is 14.3 Å². The molecule has 1 atom stereocenters. The molecular weight excluding hydrogens is 328 g/mol. The van der Waals surface area contributed by atoms with Crippen LogP contribution in [0.1, 0.15) is 50.2 Å². The summed E-state index contributed by atoms with van der Waals surface area (Å²) in [6, 6.07) is 4.01. The van der Waals surface area contributed by atoms with E-state index >= 15 is 0 Å². The predicted octanol–water partition coefficient (Wildman–Crippen LogP) is 3.15. The van der Waals surface area contributed by atoms with Crippen LogP contribution in [0.3, 0.4) is 0 Å². The molecule has 0 saturated heterocycles. The van der Waals surface area contributed by atoms with Gasteiger partial charge in [0, 0.05) is 19.6 Å². The SMILES string of the molecule is COc1cc2c(cc1OC)CN([C@H](C)C(=O)NCC1CCCCC1)CC2. The number of hydrogen-bond donors (Lipinski definition) is 1. The van der Waals surface area contributed by atoms with E-state index in [-0.39, 0.29) is 11.9 Å². The molecule has 1 amide bonds. The number of carbonyl (C=O) groups is 1. The molecule has 0 unspecified atom stereocenters. The van der Waals surface area contributed by atoms with Crippen molar-refractivity contribution in [3.63, 3.8) is 0 Å². The number of nitrogens with one attached hydrogen (secondary N) is 1. The van der Waals surface area contributed by atoms with Crippen molar-refractivity contribution in [1.82, 2.24) is 10.2 Å². The Morgan fingerprint density at radius 3 is 2.46 bits per heavy atom. The second-order valence-corrected chi connectivity index (χ2v) is 7.62. The van der Waals surface area contributed by atoms with Crippen LogP contribution in [0.2, 0.25) is 0 Å². The molecule has 1 aromatic carbocycles. The Morgan fingerprint density at radius 1 is 1.15 bits per heavy atom. The highest BCUT2D eigenvalue weighted by Gasteiger charge is 2.27. The zero-order valence-electron chi connectivity index (χ0n) is 16.3. The molecule has 1 saturated carbocycles. The van der Waals surface area contributed by atoms with Crippen molar-refractivity contribution in [1.29, 1.82) is 0 Å². The van der Waals surface area contributed by atoms with Gasteiger partial charge in [-0.1, -0.05) is 19.3 Å². The van der Waals surface area contributed by atoms with Crippen LogP contribution in [0.15, 0.2) is 12.1 Å². The first-order chi connectivity index (χ1) is 12.6. The van der Waals surface area contributed by atoms with E-state index in [9.17, 15) is 4.79 Å². The Kier molecular flexibility index (Phi) is 6.41. The summed E-state index contributed by atoms with van der Waals surface area (Å²) in [7, 11) is 3.32. The summed E-state index contributed by atoms with van der Waals surface area (Å²) in [5.74, 6) is 2.35. The van der Waals surface area contributed by atoms with Gasteiger partial charge in [-0.2, -0.15) is 0 Å². The van der Waals surface area contributed by atoms with Crippen LogP contribution in [-0.4, -0.2) is 44.2 Å². The van der Waals surface area contributed by atoms with Gasteiger partial charge in [-0.15, -0.1) is 0 Å². The average molecular weight is 360 g/mol. The van der Waals surface area contributed by atoms with Crippen molar-refractivity contribution in [2.75, 3.05) is 27.3 Å². The van der Waals surface area contributed by atoms with Crippen LogP contribution < -0.4 is 14.8 Å². The summed E-state index contributed by atoms with van der Waals surface area (Å²) >= 11 is 0. The zero-order chi connectivity index (χ0) is 18.5. The fourth-order valence-electron chi connectivity index (χ4n) is 4.19. The molecule has 1 aromatic rings. The monoisotopic (exact) mass is 360 g/mol. The third-order valence-electron chi connectivity index (χ3n) is 5.96. The first-order valence-electron chi connectivity index (χ1n) is 9.88. The van der Waals surface area contributed by atoms with E-state index in [1.54, 1.807) is 14.2 Å². The molecule has 0 aromatic heterocycles. The number of nitrogens with zero attached hydrogens (tertiary/aromatic N) is 1. The van der Waals surface area contributed by atoms with E-state index < -0.39 is 0 Å². The molecule has 1 aliphatic carbocycles. The molecule has 1 N–H and O–H groups in total. The number of benzene rings is 1. The maximum atomic E-state index is 12.6. The lowest BCUT2D eigenvalue weighted by Gasteiger charge is -2.33. The Bertz CT molecular complexity index is 626.